The summed E-state index contributed by atoms with van der Waals surface area (Å²) in [5.74, 6) is 1.18. The van der Waals surface area contributed by atoms with E-state index < -0.39 is 0 Å². The van der Waals surface area contributed by atoms with Crippen LogP contribution in [0.25, 0.3) is 0 Å². The van der Waals surface area contributed by atoms with E-state index in [1.165, 1.54) is 49.7 Å². The largest absolute Gasteiger partial charge is 0.359 e. The molecule has 0 spiro atoms. The van der Waals surface area contributed by atoms with Crippen LogP contribution >= 0.6 is 11.8 Å². The summed E-state index contributed by atoms with van der Waals surface area (Å²) in [6, 6.07) is 0. The molecule has 0 aromatic rings. The van der Waals surface area contributed by atoms with E-state index in [0.717, 1.165) is 13.1 Å². The molecule has 2 fully saturated rings. The third-order valence-corrected chi connectivity index (χ3v) is 5.28. The molecule has 2 rings (SSSR count). The Bertz CT molecular complexity index is 268. The second-order valence-corrected chi connectivity index (χ2v) is 6.10. The quantitative estimate of drug-likeness (QED) is 0.817. The van der Waals surface area contributed by atoms with Crippen LogP contribution in [0, 0.1) is 0 Å². The lowest BCUT2D eigenvalue weighted by molar-refractivity contribution is 0.349. The van der Waals surface area contributed by atoms with Gasteiger partial charge in [0, 0.05) is 17.8 Å². The van der Waals surface area contributed by atoms with E-state index in [1.807, 2.05) is 11.8 Å². The molecule has 0 aromatic heterocycles. The van der Waals surface area contributed by atoms with E-state index >= 15 is 0 Å². The molecule has 2 heterocycles. The summed E-state index contributed by atoms with van der Waals surface area (Å²) in [5, 5.41) is 4.80. The SMILES string of the molecule is CCC1(CC)CSC(=NCCN2CCCC2)N1. The summed E-state index contributed by atoms with van der Waals surface area (Å²) in [6.07, 6.45) is 5.14. The molecule has 0 aromatic carbocycles. The highest BCUT2D eigenvalue weighted by Crippen LogP contribution is 2.28. The second-order valence-electron chi connectivity index (χ2n) is 5.14. The van der Waals surface area contributed by atoms with Crippen molar-refractivity contribution in [1.29, 1.82) is 0 Å². The van der Waals surface area contributed by atoms with Crippen LogP contribution in [0.15, 0.2) is 4.99 Å². The van der Waals surface area contributed by atoms with E-state index in [-0.39, 0.29) is 0 Å². The smallest absolute Gasteiger partial charge is 0.157 e. The van der Waals surface area contributed by atoms with Crippen molar-refractivity contribution in [3.05, 3.63) is 0 Å². The monoisotopic (exact) mass is 255 g/mol. The average Bonchev–Trinajstić information content (AvgIpc) is 2.99. The summed E-state index contributed by atoms with van der Waals surface area (Å²) in [6.45, 7) is 9.18. The van der Waals surface area contributed by atoms with Gasteiger partial charge in [0.15, 0.2) is 5.17 Å². The third-order valence-electron chi connectivity index (χ3n) is 4.08. The fraction of sp³-hybridized carbons (Fsp3) is 0.923. The van der Waals surface area contributed by atoms with Crippen LogP contribution in [-0.2, 0) is 0 Å². The predicted octanol–water partition coefficient (Wildman–Crippen LogP) is 2.33. The minimum absolute atomic E-state index is 0.317. The number of hydrogen-bond donors (Lipinski definition) is 1. The van der Waals surface area contributed by atoms with Crippen LogP contribution in [-0.4, -0.2) is 47.5 Å². The normalized spacial score (nSPS) is 26.6. The summed E-state index contributed by atoms with van der Waals surface area (Å²) in [7, 11) is 0. The number of nitrogens with zero attached hydrogens (tertiary/aromatic N) is 2. The Labute approximate surface area is 109 Å². The van der Waals surface area contributed by atoms with Crippen LogP contribution in [0.4, 0.5) is 0 Å². The van der Waals surface area contributed by atoms with E-state index in [2.05, 4.69) is 24.1 Å². The van der Waals surface area contributed by atoms with Gasteiger partial charge in [-0.2, -0.15) is 0 Å². The number of thioether (sulfide) groups is 1. The molecule has 2 saturated heterocycles. The van der Waals surface area contributed by atoms with Gasteiger partial charge in [0.25, 0.3) is 0 Å². The molecule has 2 aliphatic rings. The molecular formula is C13H25N3S. The van der Waals surface area contributed by atoms with Crippen LogP contribution in [0.1, 0.15) is 39.5 Å². The summed E-state index contributed by atoms with van der Waals surface area (Å²) < 4.78 is 0. The van der Waals surface area contributed by atoms with Gasteiger partial charge in [-0.05, 0) is 38.8 Å². The van der Waals surface area contributed by atoms with Crippen molar-refractivity contribution in [3.8, 4) is 0 Å². The number of hydrogen-bond acceptors (Lipinski definition) is 3. The number of rotatable bonds is 5. The average molecular weight is 255 g/mol. The maximum atomic E-state index is 4.70. The lowest BCUT2D eigenvalue weighted by Crippen LogP contribution is -2.42. The van der Waals surface area contributed by atoms with Gasteiger partial charge < -0.3 is 10.2 Å². The first kappa shape index (κ1) is 13.2. The minimum atomic E-state index is 0.317. The maximum Gasteiger partial charge on any atom is 0.157 e. The number of aliphatic imine (C=N–C) groups is 1. The van der Waals surface area contributed by atoms with E-state index in [9.17, 15) is 0 Å². The van der Waals surface area contributed by atoms with Crippen molar-refractivity contribution in [2.45, 2.75) is 45.1 Å². The first-order valence-corrected chi connectivity index (χ1v) is 7.94. The van der Waals surface area contributed by atoms with Crippen molar-refractivity contribution in [2.24, 2.45) is 4.99 Å². The fourth-order valence-electron chi connectivity index (χ4n) is 2.52. The Kier molecular flexibility index (Phi) is 4.74. The summed E-state index contributed by atoms with van der Waals surface area (Å²) in [4.78, 5) is 7.23. The summed E-state index contributed by atoms with van der Waals surface area (Å²) in [5.41, 5.74) is 0.317. The summed E-state index contributed by atoms with van der Waals surface area (Å²) >= 11 is 1.90. The molecule has 4 heteroatoms. The van der Waals surface area contributed by atoms with Crippen molar-refractivity contribution < 1.29 is 0 Å². The Morgan fingerprint density at radius 2 is 2.00 bits per heavy atom. The molecular weight excluding hydrogens is 230 g/mol. The zero-order chi connectivity index (χ0) is 12.1. The lowest BCUT2D eigenvalue weighted by Gasteiger charge is -2.25. The zero-order valence-electron chi connectivity index (χ0n) is 11.2. The van der Waals surface area contributed by atoms with Gasteiger partial charge in [0.05, 0.1) is 6.54 Å². The molecule has 98 valence electrons. The minimum Gasteiger partial charge on any atom is -0.359 e. The topological polar surface area (TPSA) is 27.6 Å². The van der Waals surface area contributed by atoms with Crippen molar-refractivity contribution in [2.75, 3.05) is 31.9 Å². The molecule has 0 unspecified atom stereocenters. The van der Waals surface area contributed by atoms with Gasteiger partial charge in [-0.1, -0.05) is 25.6 Å². The van der Waals surface area contributed by atoms with Gasteiger partial charge in [0.1, 0.15) is 0 Å². The van der Waals surface area contributed by atoms with Gasteiger partial charge >= 0.3 is 0 Å². The van der Waals surface area contributed by atoms with Gasteiger partial charge in [-0.15, -0.1) is 0 Å². The Morgan fingerprint density at radius 3 is 2.59 bits per heavy atom. The number of amidine groups is 1. The van der Waals surface area contributed by atoms with E-state index in [4.69, 9.17) is 4.99 Å². The number of nitrogens with one attached hydrogen (secondary N) is 1. The highest BCUT2D eigenvalue weighted by atomic mass is 32.2. The van der Waals surface area contributed by atoms with Gasteiger partial charge in [-0.25, -0.2) is 0 Å². The molecule has 1 N–H and O–H groups in total. The Morgan fingerprint density at radius 1 is 1.29 bits per heavy atom. The lowest BCUT2D eigenvalue weighted by atomic mass is 9.96. The van der Waals surface area contributed by atoms with Crippen molar-refractivity contribution in [1.82, 2.24) is 10.2 Å². The predicted molar refractivity (Wildman–Crippen MR) is 76.9 cm³/mol. The molecule has 0 bridgehead atoms. The third kappa shape index (κ3) is 3.38. The number of likely N-dealkylation sites (tertiary alicyclic amines) is 1. The highest BCUT2D eigenvalue weighted by Gasteiger charge is 2.33. The zero-order valence-corrected chi connectivity index (χ0v) is 12.0. The van der Waals surface area contributed by atoms with Gasteiger partial charge in [0.2, 0.25) is 0 Å². The molecule has 0 saturated carbocycles. The van der Waals surface area contributed by atoms with E-state index in [0.29, 0.717) is 5.54 Å². The first-order chi connectivity index (χ1) is 8.28. The standard InChI is InChI=1S/C13H25N3S/c1-3-13(4-2)11-17-12(15-13)14-7-10-16-8-5-6-9-16/h3-11H2,1-2H3,(H,14,15). The molecule has 0 aliphatic carbocycles. The molecule has 0 radical (unpaired) electrons. The van der Waals surface area contributed by atoms with E-state index in [1.54, 1.807) is 0 Å². The van der Waals surface area contributed by atoms with Crippen LogP contribution in [0.5, 0.6) is 0 Å². The van der Waals surface area contributed by atoms with Crippen LogP contribution < -0.4 is 5.32 Å². The van der Waals surface area contributed by atoms with Crippen molar-refractivity contribution >= 4 is 16.9 Å². The van der Waals surface area contributed by atoms with Crippen molar-refractivity contribution in [3.63, 3.8) is 0 Å². The second kappa shape index (κ2) is 6.10. The molecule has 0 atom stereocenters. The fourth-order valence-corrected chi connectivity index (χ4v) is 3.89. The highest BCUT2D eigenvalue weighted by molar-refractivity contribution is 8.14. The Hall–Kier alpha value is -0.220. The molecule has 17 heavy (non-hydrogen) atoms. The molecule has 0 amide bonds. The maximum absolute atomic E-state index is 4.70. The van der Waals surface area contributed by atoms with Crippen LogP contribution in [0.3, 0.4) is 0 Å². The van der Waals surface area contributed by atoms with Gasteiger partial charge in [-0.3, -0.25) is 4.99 Å². The Balaban J connectivity index is 1.75. The molecule has 2 aliphatic heterocycles. The van der Waals surface area contributed by atoms with Crippen LogP contribution in [0.2, 0.25) is 0 Å². The first-order valence-electron chi connectivity index (χ1n) is 6.96. The molecule has 3 nitrogen and oxygen atoms in total.